The van der Waals surface area contributed by atoms with E-state index in [1.165, 1.54) is 0 Å². The van der Waals surface area contributed by atoms with E-state index in [2.05, 4.69) is 10.2 Å². The van der Waals surface area contributed by atoms with E-state index in [0.29, 0.717) is 26.3 Å². The summed E-state index contributed by atoms with van der Waals surface area (Å²) in [6, 6.07) is 6.35. The van der Waals surface area contributed by atoms with Crippen LogP contribution in [0.5, 0.6) is 0 Å². The van der Waals surface area contributed by atoms with E-state index in [0.717, 1.165) is 29.7 Å². The Morgan fingerprint density at radius 3 is 2.68 bits per heavy atom. The molecule has 0 bridgehead atoms. The first-order valence-corrected chi connectivity index (χ1v) is 8.16. The molecule has 134 valence electrons. The van der Waals surface area contributed by atoms with Gasteiger partial charge in [-0.05, 0) is 37.3 Å². The molecular formula is C18H20F2N2O3. The second-order valence-corrected chi connectivity index (χ2v) is 5.95. The number of amides is 1. The molecule has 1 aromatic heterocycles. The van der Waals surface area contributed by atoms with E-state index >= 15 is 0 Å². The number of aryl methyl sites for hydroxylation is 1. The number of hydrogen-bond acceptors (Lipinski definition) is 4. The van der Waals surface area contributed by atoms with Gasteiger partial charge in [-0.1, -0.05) is 0 Å². The number of nitrogens with one attached hydrogen (secondary N) is 1. The molecule has 2 heterocycles. The summed E-state index contributed by atoms with van der Waals surface area (Å²) in [5.41, 5.74) is -0.309. The summed E-state index contributed by atoms with van der Waals surface area (Å²) in [6.07, 6.45) is 0. The largest absolute Gasteiger partial charge is 0.465 e. The van der Waals surface area contributed by atoms with Gasteiger partial charge in [0.25, 0.3) is 5.91 Å². The number of carbonyl (C=O) groups excluding carboxylic acids is 1. The molecule has 0 spiro atoms. The first-order chi connectivity index (χ1) is 12.0. The van der Waals surface area contributed by atoms with Gasteiger partial charge < -0.3 is 14.5 Å². The Labute approximate surface area is 144 Å². The molecule has 1 atom stereocenters. The van der Waals surface area contributed by atoms with Crippen molar-refractivity contribution in [2.24, 2.45) is 0 Å². The van der Waals surface area contributed by atoms with Crippen LogP contribution in [0.4, 0.5) is 8.78 Å². The molecule has 0 radical (unpaired) electrons. The first-order valence-electron chi connectivity index (χ1n) is 8.16. The van der Waals surface area contributed by atoms with Crippen LogP contribution in [0.1, 0.15) is 27.9 Å². The number of halogens is 2. The van der Waals surface area contributed by atoms with E-state index in [4.69, 9.17) is 9.15 Å². The molecule has 0 aliphatic carbocycles. The molecule has 1 unspecified atom stereocenters. The summed E-state index contributed by atoms with van der Waals surface area (Å²) in [5, 5.41) is 2.68. The highest BCUT2D eigenvalue weighted by atomic mass is 19.1. The second kappa shape index (κ2) is 7.76. The van der Waals surface area contributed by atoms with Gasteiger partial charge in [0.1, 0.15) is 23.2 Å². The highest BCUT2D eigenvalue weighted by Gasteiger charge is 2.26. The van der Waals surface area contributed by atoms with Gasteiger partial charge in [-0.15, -0.1) is 0 Å². The summed E-state index contributed by atoms with van der Waals surface area (Å²) in [4.78, 5) is 14.4. The molecule has 2 aromatic rings. The predicted molar refractivity (Wildman–Crippen MR) is 87.3 cm³/mol. The maximum Gasteiger partial charge on any atom is 0.254 e. The summed E-state index contributed by atoms with van der Waals surface area (Å²) < 4.78 is 38.1. The van der Waals surface area contributed by atoms with Crippen LogP contribution in [0.15, 0.2) is 34.7 Å². The summed E-state index contributed by atoms with van der Waals surface area (Å²) >= 11 is 0. The third-order valence-electron chi connectivity index (χ3n) is 4.21. The molecule has 7 heteroatoms. The average Bonchev–Trinajstić information content (AvgIpc) is 3.04. The Hall–Kier alpha value is -2.25. The zero-order valence-electron chi connectivity index (χ0n) is 13.9. The molecule has 0 saturated carbocycles. The van der Waals surface area contributed by atoms with Crippen LogP contribution >= 0.6 is 0 Å². The van der Waals surface area contributed by atoms with Gasteiger partial charge in [-0.25, -0.2) is 8.78 Å². The van der Waals surface area contributed by atoms with Crippen LogP contribution in [0.2, 0.25) is 0 Å². The third kappa shape index (κ3) is 4.24. The molecule has 25 heavy (non-hydrogen) atoms. The number of carbonyl (C=O) groups is 1. The van der Waals surface area contributed by atoms with Crippen molar-refractivity contribution in [1.29, 1.82) is 0 Å². The Balaban J connectivity index is 1.73. The number of rotatable bonds is 5. The van der Waals surface area contributed by atoms with Crippen molar-refractivity contribution < 1.29 is 22.7 Å². The summed E-state index contributed by atoms with van der Waals surface area (Å²) in [5.74, 6) is -0.567. The minimum absolute atomic E-state index is 0.196. The lowest BCUT2D eigenvalue weighted by atomic mass is 10.1. The Kier molecular flexibility index (Phi) is 5.45. The van der Waals surface area contributed by atoms with Crippen molar-refractivity contribution >= 4 is 5.91 Å². The van der Waals surface area contributed by atoms with Gasteiger partial charge >= 0.3 is 0 Å². The van der Waals surface area contributed by atoms with Crippen molar-refractivity contribution in [3.63, 3.8) is 0 Å². The maximum absolute atomic E-state index is 13.8. The summed E-state index contributed by atoms with van der Waals surface area (Å²) in [7, 11) is 0. The SMILES string of the molecule is Cc1ccc(C(CNC(=O)c2cc(F)ccc2F)N2CCOCC2)o1. The monoisotopic (exact) mass is 350 g/mol. The van der Waals surface area contributed by atoms with Crippen LogP contribution < -0.4 is 5.32 Å². The van der Waals surface area contributed by atoms with Crippen LogP contribution in [0.3, 0.4) is 0 Å². The normalized spacial score (nSPS) is 16.6. The fourth-order valence-corrected chi connectivity index (χ4v) is 2.89. The number of furan rings is 1. The standard InChI is InChI=1S/C18H20F2N2O3/c1-12-2-5-17(25-12)16(22-6-8-24-9-7-22)11-21-18(23)14-10-13(19)3-4-15(14)20/h2-5,10,16H,6-9,11H2,1H3,(H,21,23). The number of ether oxygens (including phenoxy) is 1. The van der Waals surface area contributed by atoms with Crippen molar-refractivity contribution in [3.05, 3.63) is 59.1 Å². The van der Waals surface area contributed by atoms with Crippen LogP contribution in [-0.2, 0) is 4.74 Å². The first kappa shape index (κ1) is 17.6. The Morgan fingerprint density at radius 2 is 2.00 bits per heavy atom. The van der Waals surface area contributed by atoms with Crippen LogP contribution in [0.25, 0.3) is 0 Å². The van der Waals surface area contributed by atoms with E-state index in [9.17, 15) is 13.6 Å². The van der Waals surface area contributed by atoms with Crippen molar-refractivity contribution in [3.8, 4) is 0 Å². The molecule has 5 nitrogen and oxygen atoms in total. The van der Waals surface area contributed by atoms with Gasteiger partial charge in [-0.3, -0.25) is 9.69 Å². The van der Waals surface area contributed by atoms with Gasteiger partial charge in [0.2, 0.25) is 0 Å². The average molecular weight is 350 g/mol. The molecular weight excluding hydrogens is 330 g/mol. The van der Waals surface area contributed by atoms with Crippen molar-refractivity contribution in [1.82, 2.24) is 10.2 Å². The van der Waals surface area contributed by atoms with Gasteiger partial charge in [0.05, 0.1) is 24.8 Å². The molecule has 3 rings (SSSR count). The minimum atomic E-state index is -0.754. The highest BCUT2D eigenvalue weighted by Crippen LogP contribution is 2.23. The zero-order chi connectivity index (χ0) is 17.8. The van der Waals surface area contributed by atoms with Gasteiger partial charge in [-0.2, -0.15) is 0 Å². The van der Waals surface area contributed by atoms with E-state index in [-0.39, 0.29) is 18.2 Å². The highest BCUT2D eigenvalue weighted by molar-refractivity contribution is 5.94. The van der Waals surface area contributed by atoms with Gasteiger partial charge in [0.15, 0.2) is 0 Å². The number of hydrogen-bond donors (Lipinski definition) is 1. The van der Waals surface area contributed by atoms with Crippen molar-refractivity contribution in [2.75, 3.05) is 32.8 Å². The smallest absolute Gasteiger partial charge is 0.254 e. The molecule has 1 aliphatic heterocycles. The Morgan fingerprint density at radius 1 is 1.24 bits per heavy atom. The fourth-order valence-electron chi connectivity index (χ4n) is 2.89. The van der Waals surface area contributed by atoms with E-state index in [1.807, 2.05) is 19.1 Å². The molecule has 1 saturated heterocycles. The zero-order valence-corrected chi connectivity index (χ0v) is 13.9. The fraction of sp³-hybridized carbons (Fsp3) is 0.389. The lowest BCUT2D eigenvalue weighted by molar-refractivity contribution is 0.0117. The summed E-state index contributed by atoms with van der Waals surface area (Å²) in [6.45, 7) is 4.68. The lowest BCUT2D eigenvalue weighted by Gasteiger charge is -2.33. The molecule has 1 amide bonds. The second-order valence-electron chi connectivity index (χ2n) is 5.95. The minimum Gasteiger partial charge on any atom is -0.465 e. The van der Waals surface area contributed by atoms with Crippen LogP contribution in [-0.4, -0.2) is 43.7 Å². The number of benzene rings is 1. The number of morpholine rings is 1. The number of nitrogens with zero attached hydrogens (tertiary/aromatic N) is 1. The quantitative estimate of drug-likeness (QED) is 0.901. The molecule has 1 aromatic carbocycles. The van der Waals surface area contributed by atoms with Crippen molar-refractivity contribution in [2.45, 2.75) is 13.0 Å². The molecule has 1 N–H and O–H groups in total. The van der Waals surface area contributed by atoms with E-state index < -0.39 is 17.5 Å². The third-order valence-corrected chi connectivity index (χ3v) is 4.21. The van der Waals surface area contributed by atoms with Crippen LogP contribution in [0, 0.1) is 18.6 Å². The molecule has 1 fully saturated rings. The van der Waals surface area contributed by atoms with Gasteiger partial charge in [0, 0.05) is 19.6 Å². The predicted octanol–water partition coefficient (Wildman–Crippen LogP) is 2.67. The lowest BCUT2D eigenvalue weighted by Crippen LogP contribution is -2.43. The van der Waals surface area contributed by atoms with E-state index in [1.54, 1.807) is 0 Å². The molecule has 1 aliphatic rings. The topological polar surface area (TPSA) is 54.7 Å². The Bertz CT molecular complexity index is 742. The maximum atomic E-state index is 13.8.